The number of benzene rings is 2. The first-order chi connectivity index (χ1) is 13.9. The van der Waals surface area contributed by atoms with E-state index >= 15 is 0 Å². The Hall–Kier alpha value is -3.48. The molecule has 0 saturated heterocycles. The summed E-state index contributed by atoms with van der Waals surface area (Å²) >= 11 is 0. The Kier molecular flexibility index (Phi) is 4.66. The van der Waals surface area contributed by atoms with Crippen molar-refractivity contribution < 1.29 is 23.4 Å². The molecule has 148 valence electrons. The van der Waals surface area contributed by atoms with Crippen LogP contribution in [0.25, 0.3) is 32.9 Å². The predicted molar refractivity (Wildman–Crippen MR) is 106 cm³/mol. The Labute approximate surface area is 165 Å². The van der Waals surface area contributed by atoms with Crippen molar-refractivity contribution in [3.63, 3.8) is 0 Å². The third-order valence-electron chi connectivity index (χ3n) is 4.99. The van der Waals surface area contributed by atoms with Gasteiger partial charge in [0.2, 0.25) is 0 Å². The van der Waals surface area contributed by atoms with E-state index in [1.54, 1.807) is 22.9 Å². The zero-order valence-electron chi connectivity index (χ0n) is 15.8. The number of para-hydroxylation sites is 1. The van der Waals surface area contributed by atoms with E-state index in [-0.39, 0.29) is 12.3 Å². The molecule has 0 aliphatic heterocycles. The van der Waals surface area contributed by atoms with Crippen molar-refractivity contribution >= 4 is 27.8 Å². The highest BCUT2D eigenvalue weighted by molar-refractivity contribution is 6.07. The maximum Gasteiger partial charge on any atom is 0.387 e. The topological polar surface area (TPSA) is 64.4 Å². The molecular formula is C22H18F2N2O3. The van der Waals surface area contributed by atoms with Gasteiger partial charge in [0, 0.05) is 33.7 Å². The van der Waals surface area contributed by atoms with E-state index in [0.717, 1.165) is 33.3 Å². The van der Waals surface area contributed by atoms with E-state index in [1.165, 1.54) is 6.07 Å². The van der Waals surface area contributed by atoms with E-state index in [0.29, 0.717) is 10.9 Å². The van der Waals surface area contributed by atoms with Crippen molar-refractivity contribution in [2.24, 2.45) is 0 Å². The minimum Gasteiger partial charge on any atom is -0.480 e. The van der Waals surface area contributed by atoms with Gasteiger partial charge in [0.25, 0.3) is 0 Å². The Morgan fingerprint density at radius 2 is 1.97 bits per heavy atom. The van der Waals surface area contributed by atoms with Gasteiger partial charge >= 0.3 is 12.6 Å². The second kappa shape index (κ2) is 7.16. The molecule has 2 heterocycles. The minimum atomic E-state index is -2.95. The molecule has 0 atom stereocenters. The number of nitrogens with zero attached hydrogens (tertiary/aromatic N) is 2. The van der Waals surface area contributed by atoms with Crippen LogP contribution in [0.1, 0.15) is 11.3 Å². The lowest BCUT2D eigenvalue weighted by Crippen LogP contribution is -2.09. The summed E-state index contributed by atoms with van der Waals surface area (Å²) in [5.74, 6) is -0.938. The number of carboxylic acid groups (broad SMARTS) is 1. The quantitative estimate of drug-likeness (QED) is 0.506. The molecule has 0 spiro atoms. The summed E-state index contributed by atoms with van der Waals surface area (Å²) in [5, 5.41) is 10.9. The third kappa shape index (κ3) is 3.29. The maximum absolute atomic E-state index is 12.8. The summed E-state index contributed by atoms with van der Waals surface area (Å²) in [6, 6.07) is 12.5. The number of hydrogen-bond acceptors (Lipinski definition) is 3. The molecule has 4 rings (SSSR count). The molecule has 29 heavy (non-hydrogen) atoms. The molecule has 0 aliphatic rings. The summed E-state index contributed by atoms with van der Waals surface area (Å²) in [4.78, 5) is 15.7. The van der Waals surface area contributed by atoms with Gasteiger partial charge in [-0.2, -0.15) is 8.78 Å². The molecule has 0 bridgehead atoms. The van der Waals surface area contributed by atoms with Crippen LogP contribution in [0, 0.1) is 13.8 Å². The molecule has 5 nitrogen and oxygen atoms in total. The summed E-state index contributed by atoms with van der Waals surface area (Å²) < 4.78 is 32.0. The number of alkyl halides is 2. The Morgan fingerprint density at radius 1 is 1.17 bits per heavy atom. The zero-order valence-corrected chi connectivity index (χ0v) is 15.8. The number of aromatic nitrogens is 2. The van der Waals surface area contributed by atoms with Crippen molar-refractivity contribution in [2.45, 2.75) is 27.0 Å². The molecule has 7 heteroatoms. The first-order valence-corrected chi connectivity index (χ1v) is 9.01. The standard InChI is InChI=1S/C22H18F2N2O3/c1-12-6-7-17-16(10-12)20(13(2)26(17)11-19(27)28)14-8-9-25-21-15(14)4-3-5-18(21)29-22(23)24/h3-10,22H,11H2,1-2H3,(H,27,28). The summed E-state index contributed by atoms with van der Waals surface area (Å²) in [7, 11) is 0. The van der Waals surface area contributed by atoms with E-state index < -0.39 is 12.6 Å². The Morgan fingerprint density at radius 3 is 2.69 bits per heavy atom. The van der Waals surface area contributed by atoms with Gasteiger partial charge < -0.3 is 14.4 Å². The smallest absolute Gasteiger partial charge is 0.387 e. The van der Waals surface area contributed by atoms with Gasteiger partial charge in [-0.25, -0.2) is 0 Å². The number of pyridine rings is 1. The zero-order chi connectivity index (χ0) is 20.7. The highest BCUT2D eigenvalue weighted by Gasteiger charge is 2.20. The van der Waals surface area contributed by atoms with E-state index in [4.69, 9.17) is 0 Å². The van der Waals surface area contributed by atoms with E-state index in [9.17, 15) is 18.7 Å². The number of fused-ring (bicyclic) bond motifs is 2. The fourth-order valence-electron chi connectivity index (χ4n) is 3.83. The van der Waals surface area contributed by atoms with Crippen LogP contribution < -0.4 is 4.74 Å². The van der Waals surface area contributed by atoms with Crippen molar-refractivity contribution in [3.05, 3.63) is 59.9 Å². The molecule has 0 aliphatic carbocycles. The van der Waals surface area contributed by atoms with Gasteiger partial charge in [0.15, 0.2) is 5.75 Å². The summed E-state index contributed by atoms with van der Waals surface area (Å²) in [5.41, 5.74) is 4.58. The molecule has 0 amide bonds. The van der Waals surface area contributed by atoms with E-state index in [1.807, 2.05) is 38.1 Å². The molecule has 0 saturated carbocycles. The number of halogens is 2. The SMILES string of the molecule is Cc1ccc2c(c1)c(-c1ccnc3c(OC(F)F)cccc13)c(C)n2CC(=O)O. The number of aliphatic carboxylic acids is 1. The van der Waals surface area contributed by atoms with Gasteiger partial charge in [0.05, 0.1) is 0 Å². The van der Waals surface area contributed by atoms with Crippen molar-refractivity contribution in [1.29, 1.82) is 0 Å². The Balaban J connectivity index is 2.05. The molecule has 0 unspecified atom stereocenters. The molecule has 0 fully saturated rings. The van der Waals surface area contributed by atoms with Crippen LogP contribution in [0.15, 0.2) is 48.7 Å². The first kappa shape index (κ1) is 18.9. The summed E-state index contributed by atoms with van der Waals surface area (Å²) in [6.45, 7) is 0.702. The minimum absolute atomic E-state index is 0.00228. The van der Waals surface area contributed by atoms with Gasteiger partial charge in [0.1, 0.15) is 12.1 Å². The van der Waals surface area contributed by atoms with E-state index in [2.05, 4.69) is 9.72 Å². The lowest BCUT2D eigenvalue weighted by molar-refractivity contribution is -0.137. The number of carboxylic acids is 1. The number of rotatable bonds is 5. The molecule has 0 radical (unpaired) electrons. The van der Waals surface area contributed by atoms with Crippen molar-refractivity contribution in [1.82, 2.24) is 9.55 Å². The number of carbonyl (C=O) groups is 1. The summed E-state index contributed by atoms with van der Waals surface area (Å²) in [6.07, 6.45) is 1.55. The lowest BCUT2D eigenvalue weighted by atomic mass is 9.97. The van der Waals surface area contributed by atoms with Gasteiger partial charge in [-0.15, -0.1) is 0 Å². The molecule has 2 aromatic carbocycles. The van der Waals surface area contributed by atoms with Crippen LogP contribution in [0.3, 0.4) is 0 Å². The van der Waals surface area contributed by atoms with Crippen LogP contribution >= 0.6 is 0 Å². The average Bonchev–Trinajstić information content (AvgIpc) is 2.92. The second-order valence-electron chi connectivity index (χ2n) is 6.85. The largest absolute Gasteiger partial charge is 0.480 e. The van der Waals surface area contributed by atoms with Crippen molar-refractivity contribution in [2.75, 3.05) is 0 Å². The van der Waals surface area contributed by atoms with Crippen LogP contribution in [0.4, 0.5) is 8.78 Å². The first-order valence-electron chi connectivity index (χ1n) is 9.01. The fraction of sp³-hybridized carbons (Fsp3) is 0.182. The average molecular weight is 396 g/mol. The monoisotopic (exact) mass is 396 g/mol. The fourth-order valence-corrected chi connectivity index (χ4v) is 3.83. The number of hydrogen-bond donors (Lipinski definition) is 1. The van der Waals surface area contributed by atoms with Gasteiger partial charge in [-0.05, 0) is 43.7 Å². The van der Waals surface area contributed by atoms with Crippen LogP contribution in [-0.2, 0) is 11.3 Å². The third-order valence-corrected chi connectivity index (χ3v) is 4.99. The molecule has 4 aromatic rings. The van der Waals surface area contributed by atoms with Crippen LogP contribution in [-0.4, -0.2) is 27.2 Å². The van der Waals surface area contributed by atoms with Crippen molar-refractivity contribution in [3.8, 4) is 16.9 Å². The second-order valence-corrected chi connectivity index (χ2v) is 6.85. The highest BCUT2D eigenvalue weighted by Crippen LogP contribution is 2.40. The normalized spacial score (nSPS) is 11.5. The van der Waals surface area contributed by atoms with Gasteiger partial charge in [-0.3, -0.25) is 9.78 Å². The van der Waals surface area contributed by atoms with Crippen LogP contribution in [0.2, 0.25) is 0 Å². The Bertz CT molecular complexity index is 1250. The lowest BCUT2D eigenvalue weighted by Gasteiger charge is -2.11. The molecule has 1 N–H and O–H groups in total. The molecule has 2 aromatic heterocycles. The maximum atomic E-state index is 12.8. The van der Waals surface area contributed by atoms with Gasteiger partial charge in [-0.1, -0.05) is 23.8 Å². The number of aryl methyl sites for hydroxylation is 1. The van der Waals surface area contributed by atoms with Crippen LogP contribution in [0.5, 0.6) is 5.75 Å². The highest BCUT2D eigenvalue weighted by atomic mass is 19.3. The predicted octanol–water partition coefficient (Wildman–Crippen LogP) is 5.16. The number of ether oxygens (including phenoxy) is 1. The molecular weight excluding hydrogens is 378 g/mol.